The third-order valence-electron chi connectivity index (χ3n) is 3.64. The lowest BCUT2D eigenvalue weighted by Crippen LogP contribution is -2.39. The lowest BCUT2D eigenvalue weighted by Gasteiger charge is -2.18. The Kier molecular flexibility index (Phi) is 4.21. The van der Waals surface area contributed by atoms with Crippen LogP contribution in [-0.2, 0) is 11.0 Å². The highest BCUT2D eigenvalue weighted by Crippen LogP contribution is 2.34. The van der Waals surface area contributed by atoms with Crippen LogP contribution in [0.4, 0.5) is 23.2 Å². The monoisotopic (exact) mass is 350 g/mol. The summed E-state index contributed by atoms with van der Waals surface area (Å²) < 4.78 is 51.8. The number of rotatable bonds is 3. The molecule has 1 fully saturated rings. The highest BCUT2D eigenvalue weighted by atomic mass is 19.4. The topological polar surface area (TPSA) is 101 Å². The van der Waals surface area contributed by atoms with E-state index in [1.165, 1.54) is 0 Å². The first kappa shape index (κ1) is 17.6. The van der Waals surface area contributed by atoms with Crippen molar-refractivity contribution in [2.24, 2.45) is 0 Å². The van der Waals surface area contributed by atoms with Gasteiger partial charge < -0.3 is 10.0 Å². The average molecular weight is 350 g/mol. The Morgan fingerprint density at radius 2 is 1.96 bits per heavy atom. The Balaban J connectivity index is 2.37. The van der Waals surface area contributed by atoms with Crippen LogP contribution in [0, 0.1) is 10.1 Å². The van der Waals surface area contributed by atoms with Gasteiger partial charge in [0.25, 0.3) is 11.6 Å². The van der Waals surface area contributed by atoms with Crippen molar-refractivity contribution in [1.29, 1.82) is 0 Å². The van der Waals surface area contributed by atoms with E-state index in [0.29, 0.717) is 12.1 Å². The van der Waals surface area contributed by atoms with E-state index in [1.807, 2.05) is 0 Å². The predicted octanol–water partition coefficient (Wildman–Crippen LogP) is 2.25. The van der Waals surface area contributed by atoms with Gasteiger partial charge in [0.15, 0.2) is 0 Å². The molecule has 1 atom stereocenters. The maximum absolute atomic E-state index is 14.0. The number of hydrogen-bond donors (Lipinski definition) is 1. The SMILES string of the molecule is O=C(c1ccc(C(F)(F)F)cc1[N+](=O)[O-])N1CCC(F)(C(=O)O)C1. The quantitative estimate of drug-likeness (QED) is 0.512. The summed E-state index contributed by atoms with van der Waals surface area (Å²) in [5.41, 5.74) is -5.74. The van der Waals surface area contributed by atoms with Crippen molar-refractivity contribution in [2.75, 3.05) is 13.1 Å². The molecular formula is C13H10F4N2O5. The molecule has 0 saturated carbocycles. The first-order valence-electron chi connectivity index (χ1n) is 6.53. The second kappa shape index (κ2) is 5.73. The third kappa shape index (κ3) is 3.14. The summed E-state index contributed by atoms with van der Waals surface area (Å²) in [6, 6.07) is 1.34. The Morgan fingerprint density at radius 1 is 1.33 bits per heavy atom. The minimum Gasteiger partial charge on any atom is -0.479 e. The van der Waals surface area contributed by atoms with Crippen molar-refractivity contribution in [2.45, 2.75) is 18.3 Å². The van der Waals surface area contributed by atoms with Crippen LogP contribution >= 0.6 is 0 Å². The molecule has 1 amide bonds. The zero-order chi connectivity index (χ0) is 18.3. The third-order valence-corrected chi connectivity index (χ3v) is 3.64. The van der Waals surface area contributed by atoms with Crippen molar-refractivity contribution in [3.8, 4) is 0 Å². The van der Waals surface area contributed by atoms with Crippen molar-refractivity contribution in [1.82, 2.24) is 4.90 Å². The number of carbonyl (C=O) groups excluding carboxylic acids is 1. The molecule has 1 heterocycles. The van der Waals surface area contributed by atoms with E-state index in [1.54, 1.807) is 0 Å². The maximum Gasteiger partial charge on any atom is 0.416 e. The number of carboxylic acid groups (broad SMARTS) is 1. The second-order valence-corrected chi connectivity index (χ2v) is 5.23. The number of aliphatic carboxylic acids is 1. The Hall–Kier alpha value is -2.72. The summed E-state index contributed by atoms with van der Waals surface area (Å²) in [5.74, 6) is -2.88. The summed E-state index contributed by atoms with van der Waals surface area (Å²) in [7, 11) is 0. The molecule has 1 N–H and O–H groups in total. The fourth-order valence-electron chi connectivity index (χ4n) is 2.33. The van der Waals surface area contributed by atoms with Gasteiger partial charge in [0.1, 0.15) is 5.56 Å². The van der Waals surface area contributed by atoms with Gasteiger partial charge in [0, 0.05) is 19.0 Å². The average Bonchev–Trinajstić information content (AvgIpc) is 2.89. The van der Waals surface area contributed by atoms with E-state index in [9.17, 15) is 37.3 Å². The molecule has 24 heavy (non-hydrogen) atoms. The van der Waals surface area contributed by atoms with Crippen LogP contribution in [0.15, 0.2) is 18.2 Å². The highest BCUT2D eigenvalue weighted by molar-refractivity contribution is 5.99. The van der Waals surface area contributed by atoms with E-state index in [0.717, 1.165) is 4.90 Å². The summed E-state index contributed by atoms with van der Waals surface area (Å²) in [5, 5.41) is 19.7. The molecular weight excluding hydrogens is 340 g/mol. The number of nitro benzene ring substituents is 1. The molecule has 0 radical (unpaired) electrons. The first-order chi connectivity index (χ1) is 11.0. The molecule has 0 aromatic heterocycles. The van der Waals surface area contributed by atoms with Crippen LogP contribution in [0.2, 0.25) is 0 Å². The molecule has 0 spiro atoms. The number of carbonyl (C=O) groups is 2. The number of alkyl halides is 4. The van der Waals surface area contributed by atoms with Gasteiger partial charge in [0.05, 0.1) is 17.0 Å². The molecule has 0 aliphatic carbocycles. The molecule has 1 aromatic carbocycles. The van der Waals surface area contributed by atoms with Gasteiger partial charge in [0.2, 0.25) is 5.67 Å². The summed E-state index contributed by atoms with van der Waals surface area (Å²) in [4.78, 5) is 33.6. The van der Waals surface area contributed by atoms with Gasteiger partial charge in [-0.05, 0) is 12.1 Å². The molecule has 2 rings (SSSR count). The minimum atomic E-state index is -4.84. The highest BCUT2D eigenvalue weighted by Gasteiger charge is 2.47. The van der Waals surface area contributed by atoms with Crippen LogP contribution in [0.5, 0.6) is 0 Å². The Bertz CT molecular complexity index is 721. The van der Waals surface area contributed by atoms with Crippen LogP contribution in [0.25, 0.3) is 0 Å². The van der Waals surface area contributed by atoms with E-state index < -0.39 is 58.4 Å². The predicted molar refractivity (Wildman–Crippen MR) is 70.1 cm³/mol. The van der Waals surface area contributed by atoms with Crippen LogP contribution in [-0.4, -0.2) is 45.6 Å². The number of benzene rings is 1. The first-order valence-corrected chi connectivity index (χ1v) is 6.53. The fourth-order valence-corrected chi connectivity index (χ4v) is 2.33. The lowest BCUT2D eigenvalue weighted by molar-refractivity contribution is -0.385. The molecule has 0 bridgehead atoms. The maximum atomic E-state index is 14.0. The summed E-state index contributed by atoms with van der Waals surface area (Å²) in [6.45, 7) is -1.15. The fraction of sp³-hybridized carbons (Fsp3) is 0.385. The molecule has 130 valence electrons. The van der Waals surface area contributed by atoms with Crippen molar-refractivity contribution >= 4 is 17.6 Å². The van der Waals surface area contributed by atoms with E-state index in [2.05, 4.69) is 0 Å². The Labute approximate surface area is 131 Å². The number of hydrogen-bond acceptors (Lipinski definition) is 4. The molecule has 1 unspecified atom stereocenters. The van der Waals surface area contributed by atoms with Crippen molar-refractivity contribution in [3.63, 3.8) is 0 Å². The molecule has 1 aliphatic rings. The van der Waals surface area contributed by atoms with Gasteiger partial charge in [-0.25, -0.2) is 9.18 Å². The zero-order valence-electron chi connectivity index (χ0n) is 11.8. The van der Waals surface area contributed by atoms with E-state index in [-0.39, 0.29) is 12.6 Å². The van der Waals surface area contributed by atoms with E-state index >= 15 is 0 Å². The second-order valence-electron chi connectivity index (χ2n) is 5.23. The van der Waals surface area contributed by atoms with E-state index in [4.69, 9.17) is 5.11 Å². The number of nitrogens with zero attached hydrogens (tertiary/aromatic N) is 2. The van der Waals surface area contributed by atoms with Crippen molar-refractivity contribution < 1.29 is 37.2 Å². The normalized spacial score (nSPS) is 20.9. The van der Waals surface area contributed by atoms with Gasteiger partial charge in [-0.2, -0.15) is 13.2 Å². The number of amides is 1. The van der Waals surface area contributed by atoms with Crippen LogP contribution in [0.3, 0.4) is 0 Å². The zero-order valence-corrected chi connectivity index (χ0v) is 11.8. The number of halogens is 4. The molecule has 1 saturated heterocycles. The van der Waals surface area contributed by atoms with Crippen LogP contribution in [0.1, 0.15) is 22.3 Å². The summed E-state index contributed by atoms with van der Waals surface area (Å²) >= 11 is 0. The lowest BCUT2D eigenvalue weighted by atomic mass is 10.1. The molecule has 1 aliphatic heterocycles. The number of nitro groups is 1. The van der Waals surface area contributed by atoms with Gasteiger partial charge in [-0.15, -0.1) is 0 Å². The molecule has 7 nitrogen and oxygen atoms in total. The minimum absolute atomic E-state index is 0.212. The number of likely N-dealkylation sites (tertiary alicyclic amines) is 1. The van der Waals surface area contributed by atoms with Gasteiger partial charge in [-0.1, -0.05) is 0 Å². The largest absolute Gasteiger partial charge is 0.479 e. The molecule has 1 aromatic rings. The molecule has 11 heteroatoms. The van der Waals surface area contributed by atoms with Crippen LogP contribution < -0.4 is 0 Å². The van der Waals surface area contributed by atoms with Gasteiger partial charge in [-0.3, -0.25) is 14.9 Å². The standard InChI is InChI=1S/C13H10F4N2O5/c14-12(11(21)22)3-4-18(6-12)10(20)8-2-1-7(13(15,16)17)5-9(8)19(23)24/h1-2,5H,3-4,6H2,(H,21,22). The van der Waals surface area contributed by atoms with Crippen molar-refractivity contribution in [3.05, 3.63) is 39.4 Å². The smallest absolute Gasteiger partial charge is 0.416 e. The number of carboxylic acids is 1. The summed E-state index contributed by atoms with van der Waals surface area (Å²) in [6.07, 6.45) is -5.35. The van der Waals surface area contributed by atoms with Gasteiger partial charge >= 0.3 is 12.1 Å². The Morgan fingerprint density at radius 3 is 2.42 bits per heavy atom.